The van der Waals surface area contributed by atoms with Crippen molar-refractivity contribution < 1.29 is 19.4 Å². The maximum absolute atomic E-state index is 12.0. The zero-order valence-electron chi connectivity index (χ0n) is 16.5. The highest BCUT2D eigenvalue weighted by Gasteiger charge is 2.37. The molecule has 29 heavy (non-hydrogen) atoms. The number of carbonyl (C=O) groups is 1. The van der Waals surface area contributed by atoms with E-state index in [0.29, 0.717) is 24.5 Å². The van der Waals surface area contributed by atoms with Gasteiger partial charge < -0.3 is 14.6 Å². The minimum Gasteiger partial charge on any atom is -0.493 e. The lowest BCUT2D eigenvalue weighted by Gasteiger charge is -2.38. The predicted molar refractivity (Wildman–Crippen MR) is 113 cm³/mol. The summed E-state index contributed by atoms with van der Waals surface area (Å²) in [6.07, 6.45) is 2.54. The van der Waals surface area contributed by atoms with E-state index in [1.807, 2.05) is 42.5 Å². The molecule has 1 aliphatic heterocycles. The third-order valence-electron chi connectivity index (χ3n) is 5.43. The first-order valence-electron chi connectivity index (χ1n) is 9.68. The van der Waals surface area contributed by atoms with Crippen LogP contribution in [0, 0.1) is 0 Å². The lowest BCUT2D eigenvalue weighted by Crippen LogP contribution is -2.46. The fraction of sp³-hybridized carbons (Fsp3) is 0.364. The van der Waals surface area contributed by atoms with Crippen molar-refractivity contribution in [3.63, 3.8) is 0 Å². The lowest BCUT2D eigenvalue weighted by molar-refractivity contribution is -0.145. The molecule has 2 atom stereocenters. The summed E-state index contributed by atoms with van der Waals surface area (Å²) < 4.78 is 12.0. The third kappa shape index (κ3) is 3.80. The molecule has 0 aliphatic carbocycles. The average molecular weight is 413 g/mol. The number of carboxylic acid groups (broad SMARTS) is 1. The van der Waals surface area contributed by atoms with Gasteiger partial charge in [-0.3, -0.25) is 9.69 Å². The molecule has 0 radical (unpaired) electrons. The highest BCUT2D eigenvalue weighted by Crippen LogP contribution is 2.40. The Kier molecular flexibility index (Phi) is 5.69. The SMILES string of the molecule is COc1ccc(C(c2nc3ccccc3s2)N2CCCCC2C(=O)O)cc1OC. The molecule has 4 rings (SSSR count). The lowest BCUT2D eigenvalue weighted by atomic mass is 9.96. The van der Waals surface area contributed by atoms with Gasteiger partial charge in [-0.1, -0.05) is 24.6 Å². The zero-order chi connectivity index (χ0) is 20.4. The number of hydrogen-bond acceptors (Lipinski definition) is 6. The van der Waals surface area contributed by atoms with Crippen LogP contribution < -0.4 is 9.47 Å². The molecule has 6 nitrogen and oxygen atoms in total. The number of aromatic nitrogens is 1. The van der Waals surface area contributed by atoms with Gasteiger partial charge in [-0.15, -0.1) is 11.3 Å². The summed E-state index contributed by atoms with van der Waals surface area (Å²) in [6, 6.07) is 13.0. The van der Waals surface area contributed by atoms with Gasteiger partial charge in [-0.05, 0) is 42.7 Å². The topological polar surface area (TPSA) is 71.9 Å². The minimum absolute atomic E-state index is 0.256. The molecule has 152 valence electrons. The van der Waals surface area contributed by atoms with Crippen LogP contribution in [0.2, 0.25) is 0 Å². The van der Waals surface area contributed by atoms with E-state index in [0.717, 1.165) is 33.6 Å². The molecule has 0 bridgehead atoms. The maximum Gasteiger partial charge on any atom is 0.320 e. The van der Waals surface area contributed by atoms with Crippen molar-refractivity contribution in [2.75, 3.05) is 20.8 Å². The van der Waals surface area contributed by atoms with E-state index in [9.17, 15) is 9.90 Å². The fourth-order valence-corrected chi connectivity index (χ4v) is 5.15. The van der Waals surface area contributed by atoms with Crippen molar-refractivity contribution in [2.24, 2.45) is 0 Å². The molecule has 2 unspecified atom stereocenters. The molecule has 1 N–H and O–H groups in total. The molecule has 3 aromatic rings. The molecule has 2 aromatic carbocycles. The van der Waals surface area contributed by atoms with Gasteiger partial charge in [0.05, 0.1) is 30.5 Å². The molecule has 0 spiro atoms. The molecule has 1 saturated heterocycles. The van der Waals surface area contributed by atoms with E-state index in [2.05, 4.69) is 4.90 Å². The third-order valence-corrected chi connectivity index (χ3v) is 6.52. The Morgan fingerprint density at radius 1 is 1.17 bits per heavy atom. The van der Waals surface area contributed by atoms with Crippen molar-refractivity contribution in [2.45, 2.75) is 31.3 Å². The second-order valence-corrected chi connectivity index (χ2v) is 8.19. The number of aliphatic carboxylic acids is 1. The summed E-state index contributed by atoms with van der Waals surface area (Å²) in [5.74, 6) is 0.490. The van der Waals surface area contributed by atoms with Crippen molar-refractivity contribution in [3.8, 4) is 11.5 Å². The van der Waals surface area contributed by atoms with Gasteiger partial charge >= 0.3 is 5.97 Å². The van der Waals surface area contributed by atoms with Gasteiger partial charge in [0, 0.05) is 6.54 Å². The number of nitrogens with zero attached hydrogens (tertiary/aromatic N) is 2. The summed E-state index contributed by atoms with van der Waals surface area (Å²) in [7, 11) is 3.21. The number of carboxylic acids is 1. The van der Waals surface area contributed by atoms with Gasteiger partial charge in [0.15, 0.2) is 11.5 Å². The van der Waals surface area contributed by atoms with Crippen molar-refractivity contribution in [3.05, 3.63) is 53.0 Å². The Hall–Kier alpha value is -2.64. The van der Waals surface area contributed by atoms with Crippen molar-refractivity contribution in [1.82, 2.24) is 9.88 Å². The molecule has 0 saturated carbocycles. The van der Waals surface area contributed by atoms with Crippen LogP contribution in [0.4, 0.5) is 0 Å². The number of para-hydroxylation sites is 1. The first kappa shape index (κ1) is 19.7. The molecule has 2 heterocycles. The average Bonchev–Trinajstić information content (AvgIpc) is 3.17. The number of thiazole rings is 1. The van der Waals surface area contributed by atoms with Crippen LogP contribution in [0.15, 0.2) is 42.5 Å². The van der Waals surface area contributed by atoms with Gasteiger partial charge in [-0.2, -0.15) is 0 Å². The Bertz CT molecular complexity index is 986. The number of methoxy groups -OCH3 is 2. The van der Waals surface area contributed by atoms with E-state index >= 15 is 0 Å². The van der Waals surface area contributed by atoms with Gasteiger partial charge in [0.25, 0.3) is 0 Å². The summed E-state index contributed by atoms with van der Waals surface area (Å²) in [6.45, 7) is 0.714. The molecule has 1 aromatic heterocycles. The van der Waals surface area contributed by atoms with Crippen LogP contribution in [0.5, 0.6) is 11.5 Å². The number of fused-ring (bicyclic) bond motifs is 1. The second kappa shape index (κ2) is 8.39. The molecule has 1 fully saturated rings. The number of likely N-dealkylation sites (tertiary alicyclic amines) is 1. The van der Waals surface area contributed by atoms with E-state index in [-0.39, 0.29) is 6.04 Å². The first-order chi connectivity index (χ1) is 14.1. The van der Waals surface area contributed by atoms with Crippen LogP contribution in [-0.4, -0.2) is 47.8 Å². The molecular weight excluding hydrogens is 388 g/mol. The van der Waals surface area contributed by atoms with Crippen LogP contribution in [-0.2, 0) is 4.79 Å². The molecule has 1 aliphatic rings. The number of piperidine rings is 1. The molecule has 7 heteroatoms. The van der Waals surface area contributed by atoms with Gasteiger partial charge in [0.1, 0.15) is 11.0 Å². The number of benzene rings is 2. The Labute approximate surface area is 173 Å². The Morgan fingerprint density at radius 2 is 1.97 bits per heavy atom. The summed E-state index contributed by atoms with van der Waals surface area (Å²) in [5.41, 5.74) is 1.89. The summed E-state index contributed by atoms with van der Waals surface area (Å²) >= 11 is 1.61. The van der Waals surface area contributed by atoms with Crippen LogP contribution in [0.1, 0.15) is 35.9 Å². The number of hydrogen-bond donors (Lipinski definition) is 1. The van der Waals surface area contributed by atoms with E-state index < -0.39 is 12.0 Å². The van der Waals surface area contributed by atoms with Crippen molar-refractivity contribution in [1.29, 1.82) is 0 Å². The summed E-state index contributed by atoms with van der Waals surface area (Å²) in [4.78, 5) is 19.0. The van der Waals surface area contributed by atoms with E-state index in [4.69, 9.17) is 14.5 Å². The predicted octanol–water partition coefficient (Wildman–Crippen LogP) is 4.34. The second-order valence-electron chi connectivity index (χ2n) is 7.12. The zero-order valence-corrected chi connectivity index (χ0v) is 17.3. The largest absolute Gasteiger partial charge is 0.493 e. The maximum atomic E-state index is 12.0. The highest BCUT2D eigenvalue weighted by atomic mass is 32.1. The first-order valence-corrected chi connectivity index (χ1v) is 10.5. The van der Waals surface area contributed by atoms with Crippen LogP contribution in [0.3, 0.4) is 0 Å². The van der Waals surface area contributed by atoms with Crippen LogP contribution in [0.25, 0.3) is 10.2 Å². The Balaban J connectivity index is 1.85. The quantitative estimate of drug-likeness (QED) is 0.649. The Morgan fingerprint density at radius 3 is 2.69 bits per heavy atom. The summed E-state index contributed by atoms with van der Waals surface area (Å²) in [5, 5.41) is 10.8. The number of ether oxygens (including phenoxy) is 2. The fourth-order valence-electron chi connectivity index (χ4n) is 4.03. The van der Waals surface area contributed by atoms with Gasteiger partial charge in [-0.25, -0.2) is 4.98 Å². The standard InChI is InChI=1S/C22H24N2O4S/c1-27-17-11-10-14(13-18(17)28-2)20(24-12-6-5-8-16(24)22(25)26)21-23-15-7-3-4-9-19(15)29-21/h3-4,7,9-11,13,16,20H,5-6,8,12H2,1-2H3,(H,25,26). The van der Waals surface area contributed by atoms with Crippen molar-refractivity contribution >= 4 is 27.5 Å². The minimum atomic E-state index is -0.781. The van der Waals surface area contributed by atoms with Gasteiger partial charge in [0.2, 0.25) is 0 Å². The smallest absolute Gasteiger partial charge is 0.320 e. The number of rotatable bonds is 6. The normalized spacial score (nSPS) is 18.5. The van der Waals surface area contributed by atoms with E-state index in [1.54, 1.807) is 25.6 Å². The van der Waals surface area contributed by atoms with E-state index in [1.165, 1.54) is 0 Å². The monoisotopic (exact) mass is 412 g/mol. The molecular formula is C22H24N2O4S. The van der Waals surface area contributed by atoms with Crippen LogP contribution >= 0.6 is 11.3 Å². The highest BCUT2D eigenvalue weighted by molar-refractivity contribution is 7.18. The molecule has 0 amide bonds.